The van der Waals surface area contributed by atoms with Crippen molar-refractivity contribution in [1.82, 2.24) is 4.90 Å². The van der Waals surface area contributed by atoms with Gasteiger partial charge in [-0.3, -0.25) is 9.69 Å². The Bertz CT molecular complexity index is 463. The first-order valence-corrected chi connectivity index (χ1v) is 7.35. The minimum absolute atomic E-state index is 0.0128. The Morgan fingerprint density at radius 1 is 1.38 bits per heavy atom. The fourth-order valence-electron chi connectivity index (χ4n) is 2.35. The summed E-state index contributed by atoms with van der Waals surface area (Å²) in [6.07, 6.45) is -0.411. The van der Waals surface area contributed by atoms with E-state index in [2.05, 4.69) is 11.8 Å². The normalized spacial score (nSPS) is 19.4. The van der Waals surface area contributed by atoms with Crippen LogP contribution in [0.5, 0.6) is 5.75 Å². The van der Waals surface area contributed by atoms with Gasteiger partial charge in [0, 0.05) is 20.2 Å². The fourth-order valence-corrected chi connectivity index (χ4v) is 2.35. The lowest BCUT2D eigenvalue weighted by Crippen LogP contribution is -2.45. The van der Waals surface area contributed by atoms with Gasteiger partial charge in [-0.15, -0.1) is 0 Å². The van der Waals surface area contributed by atoms with Gasteiger partial charge in [-0.1, -0.05) is 19.1 Å². The van der Waals surface area contributed by atoms with Gasteiger partial charge < -0.3 is 14.2 Å². The minimum Gasteiger partial charge on any atom is -0.490 e. The minimum atomic E-state index is -0.411. The van der Waals surface area contributed by atoms with Crippen molar-refractivity contribution >= 4 is 5.78 Å². The molecule has 0 aromatic heterocycles. The van der Waals surface area contributed by atoms with Crippen LogP contribution in [0.1, 0.15) is 17.3 Å². The number of ketones is 1. The van der Waals surface area contributed by atoms with E-state index in [9.17, 15) is 4.79 Å². The van der Waals surface area contributed by atoms with Crippen molar-refractivity contribution in [3.63, 3.8) is 0 Å². The van der Waals surface area contributed by atoms with Gasteiger partial charge in [-0.05, 0) is 18.7 Å². The van der Waals surface area contributed by atoms with Gasteiger partial charge in [-0.25, -0.2) is 0 Å². The first-order valence-electron chi connectivity index (χ1n) is 7.35. The van der Waals surface area contributed by atoms with Gasteiger partial charge in [0.25, 0.3) is 0 Å². The molecule has 0 spiro atoms. The van der Waals surface area contributed by atoms with Crippen LogP contribution in [-0.4, -0.2) is 63.4 Å². The van der Waals surface area contributed by atoms with E-state index in [0.29, 0.717) is 37.7 Å². The number of carbonyl (C=O) groups is 1. The summed E-state index contributed by atoms with van der Waals surface area (Å²) in [5.41, 5.74) is 0.580. The van der Waals surface area contributed by atoms with Crippen LogP contribution in [0.4, 0.5) is 0 Å². The van der Waals surface area contributed by atoms with Gasteiger partial charge in [0.15, 0.2) is 5.78 Å². The molecule has 1 fully saturated rings. The topological polar surface area (TPSA) is 48.0 Å². The largest absolute Gasteiger partial charge is 0.490 e. The monoisotopic (exact) mass is 293 g/mol. The molecule has 0 N–H and O–H groups in total. The third kappa shape index (κ3) is 4.27. The number of Topliss-reactive ketones (excluding diaryl/α,β-unsaturated/α-hetero) is 1. The third-order valence-corrected chi connectivity index (χ3v) is 3.59. The molecule has 0 radical (unpaired) electrons. The molecular weight excluding hydrogens is 270 g/mol. The van der Waals surface area contributed by atoms with Crippen LogP contribution in [0.15, 0.2) is 24.3 Å². The predicted octanol–water partition coefficient (Wildman–Crippen LogP) is 1.62. The zero-order chi connectivity index (χ0) is 15.1. The zero-order valence-corrected chi connectivity index (χ0v) is 12.7. The molecule has 0 saturated carbocycles. The van der Waals surface area contributed by atoms with Crippen LogP contribution in [0, 0.1) is 0 Å². The standard InChI is InChI=1S/C16H23NO4/c1-3-17-8-9-20-15(12-17)16(18)13-6-4-5-7-14(13)21-11-10-19-2/h4-7,15H,3,8-12H2,1-2H3. The Morgan fingerprint density at radius 2 is 2.19 bits per heavy atom. The van der Waals surface area contributed by atoms with Crippen molar-refractivity contribution in [2.45, 2.75) is 13.0 Å². The number of nitrogens with zero attached hydrogens (tertiary/aromatic N) is 1. The van der Waals surface area contributed by atoms with Gasteiger partial charge >= 0.3 is 0 Å². The van der Waals surface area contributed by atoms with E-state index >= 15 is 0 Å². The van der Waals surface area contributed by atoms with E-state index in [1.807, 2.05) is 18.2 Å². The summed E-state index contributed by atoms with van der Waals surface area (Å²) in [6, 6.07) is 7.30. The first kappa shape index (κ1) is 15.9. The average Bonchev–Trinajstić information content (AvgIpc) is 2.55. The number of carbonyl (C=O) groups excluding carboxylic acids is 1. The second kappa shape index (κ2) is 8.12. The molecule has 1 aliphatic heterocycles. The molecule has 1 unspecified atom stereocenters. The summed E-state index contributed by atoms with van der Waals surface area (Å²) in [5.74, 6) is 0.581. The Kier molecular flexibility index (Phi) is 6.17. The van der Waals surface area contributed by atoms with Crippen LogP contribution in [0.2, 0.25) is 0 Å². The number of morpholine rings is 1. The number of methoxy groups -OCH3 is 1. The molecule has 1 heterocycles. The number of hydrogen-bond donors (Lipinski definition) is 0. The highest BCUT2D eigenvalue weighted by atomic mass is 16.5. The fraction of sp³-hybridized carbons (Fsp3) is 0.562. The number of rotatable bonds is 7. The third-order valence-electron chi connectivity index (χ3n) is 3.59. The van der Waals surface area contributed by atoms with E-state index in [4.69, 9.17) is 14.2 Å². The molecule has 1 aromatic carbocycles. The highest BCUT2D eigenvalue weighted by Crippen LogP contribution is 2.22. The molecule has 1 atom stereocenters. The summed E-state index contributed by atoms with van der Waals surface area (Å²) in [7, 11) is 1.62. The molecule has 0 bridgehead atoms. The van der Waals surface area contributed by atoms with Crippen LogP contribution in [0.25, 0.3) is 0 Å². The smallest absolute Gasteiger partial charge is 0.196 e. The lowest BCUT2D eigenvalue weighted by atomic mass is 10.0. The number of likely N-dealkylation sites (N-methyl/N-ethyl adjacent to an activating group) is 1. The van der Waals surface area contributed by atoms with Crippen LogP contribution in [-0.2, 0) is 9.47 Å². The lowest BCUT2D eigenvalue weighted by molar-refractivity contribution is -0.0150. The average molecular weight is 293 g/mol. The van der Waals surface area contributed by atoms with Crippen molar-refractivity contribution in [3.8, 4) is 5.75 Å². The summed E-state index contributed by atoms with van der Waals surface area (Å²) >= 11 is 0. The van der Waals surface area contributed by atoms with Gasteiger partial charge in [0.05, 0.1) is 18.8 Å². The van der Waals surface area contributed by atoms with E-state index in [1.54, 1.807) is 13.2 Å². The van der Waals surface area contributed by atoms with Gasteiger partial charge in [0.1, 0.15) is 18.5 Å². The highest BCUT2D eigenvalue weighted by molar-refractivity contribution is 6.02. The number of hydrogen-bond acceptors (Lipinski definition) is 5. The zero-order valence-electron chi connectivity index (χ0n) is 12.7. The van der Waals surface area contributed by atoms with Gasteiger partial charge in [-0.2, -0.15) is 0 Å². The summed E-state index contributed by atoms with van der Waals surface area (Å²) in [4.78, 5) is 14.9. The molecule has 116 valence electrons. The second-order valence-electron chi connectivity index (χ2n) is 4.95. The van der Waals surface area contributed by atoms with Crippen LogP contribution in [0.3, 0.4) is 0 Å². The predicted molar refractivity (Wildman–Crippen MR) is 80.0 cm³/mol. The van der Waals surface area contributed by atoms with Crippen molar-refractivity contribution in [3.05, 3.63) is 29.8 Å². The molecule has 5 nitrogen and oxygen atoms in total. The van der Waals surface area contributed by atoms with E-state index in [1.165, 1.54) is 0 Å². The number of ether oxygens (including phenoxy) is 3. The molecule has 0 aliphatic carbocycles. The number of para-hydroxylation sites is 1. The summed E-state index contributed by atoms with van der Waals surface area (Å²) in [5, 5.41) is 0. The van der Waals surface area contributed by atoms with E-state index < -0.39 is 6.10 Å². The van der Waals surface area contributed by atoms with Crippen molar-refractivity contribution < 1.29 is 19.0 Å². The molecule has 1 aromatic rings. The molecule has 21 heavy (non-hydrogen) atoms. The van der Waals surface area contributed by atoms with Crippen molar-refractivity contribution in [2.75, 3.05) is 46.6 Å². The lowest BCUT2D eigenvalue weighted by Gasteiger charge is -2.31. The molecule has 2 rings (SSSR count). The van der Waals surface area contributed by atoms with Crippen LogP contribution < -0.4 is 4.74 Å². The Morgan fingerprint density at radius 3 is 2.95 bits per heavy atom. The second-order valence-corrected chi connectivity index (χ2v) is 4.95. The molecule has 0 amide bonds. The summed E-state index contributed by atoms with van der Waals surface area (Å²) in [6.45, 7) is 6.05. The maximum Gasteiger partial charge on any atom is 0.196 e. The quantitative estimate of drug-likeness (QED) is 0.565. The Labute approximate surface area is 125 Å². The Balaban J connectivity index is 2.07. The molecular formula is C16H23NO4. The maximum absolute atomic E-state index is 12.7. The SMILES string of the molecule is CCN1CCOC(C(=O)c2ccccc2OCCOC)C1. The van der Waals surface area contributed by atoms with Gasteiger partial charge in [0.2, 0.25) is 0 Å². The molecule has 1 aliphatic rings. The van der Waals surface area contributed by atoms with E-state index in [-0.39, 0.29) is 5.78 Å². The Hall–Kier alpha value is -1.43. The maximum atomic E-state index is 12.7. The van der Waals surface area contributed by atoms with Crippen molar-refractivity contribution in [2.24, 2.45) is 0 Å². The summed E-state index contributed by atoms with van der Waals surface area (Å²) < 4.78 is 16.2. The van der Waals surface area contributed by atoms with Crippen LogP contribution >= 0.6 is 0 Å². The molecule has 1 saturated heterocycles. The first-order chi connectivity index (χ1) is 10.3. The highest BCUT2D eigenvalue weighted by Gasteiger charge is 2.28. The number of benzene rings is 1. The van der Waals surface area contributed by atoms with Crippen molar-refractivity contribution in [1.29, 1.82) is 0 Å². The molecule has 5 heteroatoms. The van der Waals surface area contributed by atoms with E-state index in [0.717, 1.165) is 13.1 Å².